The predicted octanol–water partition coefficient (Wildman–Crippen LogP) is 2.30. The third kappa shape index (κ3) is 3.01. The number of rotatable bonds is 5. The van der Waals surface area contributed by atoms with Gasteiger partial charge in [0, 0.05) is 0 Å². The molecule has 0 radical (unpaired) electrons. The Kier molecular flexibility index (Phi) is 4.99. The average Bonchev–Trinajstić information content (AvgIpc) is 2.25. The molecule has 3 nitrogen and oxygen atoms in total. The normalized spacial score (nSPS) is 33.9. The molecule has 1 aliphatic carbocycles. The molecule has 3 heteroatoms. The van der Waals surface area contributed by atoms with Crippen LogP contribution >= 0.6 is 0 Å². The summed E-state index contributed by atoms with van der Waals surface area (Å²) >= 11 is 0. The molecule has 3 atom stereocenters. The Morgan fingerprint density at radius 2 is 2.12 bits per heavy atom. The van der Waals surface area contributed by atoms with Crippen molar-refractivity contribution in [2.24, 2.45) is 23.5 Å². The van der Waals surface area contributed by atoms with Gasteiger partial charge in [-0.05, 0) is 43.6 Å². The Morgan fingerprint density at radius 3 is 2.59 bits per heavy atom. The molecule has 0 spiro atoms. The Hall–Kier alpha value is -0.570. The Morgan fingerprint density at radius 1 is 1.47 bits per heavy atom. The molecular formula is C14H28N2O. The molecule has 0 aromatic carbocycles. The minimum atomic E-state index is -0.470. The largest absolute Gasteiger partial charge is 0.368 e. The molecular weight excluding hydrogens is 212 g/mol. The molecule has 0 aromatic rings. The topological polar surface area (TPSA) is 55.1 Å². The molecule has 1 rings (SSSR count). The molecule has 1 fully saturated rings. The zero-order valence-electron chi connectivity index (χ0n) is 11.8. The van der Waals surface area contributed by atoms with Crippen molar-refractivity contribution in [2.75, 3.05) is 6.54 Å². The summed E-state index contributed by atoms with van der Waals surface area (Å²) < 4.78 is 0. The second-order valence-corrected chi connectivity index (χ2v) is 6.00. The van der Waals surface area contributed by atoms with Gasteiger partial charge >= 0.3 is 0 Å². The summed E-state index contributed by atoms with van der Waals surface area (Å²) in [6.45, 7) is 9.62. The zero-order chi connectivity index (χ0) is 13.1. The first kappa shape index (κ1) is 14.5. The van der Waals surface area contributed by atoms with Crippen molar-refractivity contribution in [3.8, 4) is 0 Å². The van der Waals surface area contributed by atoms with Gasteiger partial charge in [0.1, 0.15) is 5.54 Å². The predicted molar refractivity (Wildman–Crippen MR) is 71.6 cm³/mol. The number of hydrogen-bond donors (Lipinski definition) is 2. The first-order valence-corrected chi connectivity index (χ1v) is 6.99. The first-order valence-electron chi connectivity index (χ1n) is 6.99. The molecule has 3 N–H and O–H groups in total. The third-order valence-electron chi connectivity index (χ3n) is 4.21. The van der Waals surface area contributed by atoms with Crippen LogP contribution in [0.1, 0.15) is 53.4 Å². The van der Waals surface area contributed by atoms with Crippen molar-refractivity contribution in [1.29, 1.82) is 0 Å². The lowest BCUT2D eigenvalue weighted by molar-refractivity contribution is -0.130. The van der Waals surface area contributed by atoms with Crippen LogP contribution in [-0.4, -0.2) is 18.0 Å². The van der Waals surface area contributed by atoms with Crippen LogP contribution in [0.2, 0.25) is 0 Å². The molecule has 1 saturated carbocycles. The summed E-state index contributed by atoms with van der Waals surface area (Å²) in [4.78, 5) is 12.0. The van der Waals surface area contributed by atoms with Gasteiger partial charge in [0.25, 0.3) is 0 Å². The Labute approximate surface area is 106 Å². The van der Waals surface area contributed by atoms with Crippen molar-refractivity contribution < 1.29 is 4.79 Å². The van der Waals surface area contributed by atoms with Gasteiger partial charge in [0.2, 0.25) is 5.91 Å². The monoisotopic (exact) mass is 240 g/mol. The number of hydrogen-bond acceptors (Lipinski definition) is 2. The smallest absolute Gasteiger partial charge is 0.238 e. The fourth-order valence-electron chi connectivity index (χ4n) is 3.34. The summed E-state index contributed by atoms with van der Waals surface area (Å²) in [5.41, 5.74) is 5.26. The van der Waals surface area contributed by atoms with Gasteiger partial charge in [0.15, 0.2) is 0 Å². The van der Waals surface area contributed by atoms with Gasteiger partial charge in [-0.2, -0.15) is 0 Å². The van der Waals surface area contributed by atoms with Gasteiger partial charge in [-0.3, -0.25) is 4.79 Å². The minimum absolute atomic E-state index is 0.156. The fourth-order valence-corrected chi connectivity index (χ4v) is 3.34. The highest BCUT2D eigenvalue weighted by Gasteiger charge is 2.48. The third-order valence-corrected chi connectivity index (χ3v) is 4.21. The van der Waals surface area contributed by atoms with Gasteiger partial charge in [-0.25, -0.2) is 0 Å². The molecule has 0 saturated heterocycles. The minimum Gasteiger partial charge on any atom is -0.368 e. The van der Waals surface area contributed by atoms with Gasteiger partial charge in [-0.15, -0.1) is 0 Å². The zero-order valence-corrected chi connectivity index (χ0v) is 11.8. The van der Waals surface area contributed by atoms with E-state index in [-0.39, 0.29) is 5.91 Å². The number of amides is 1. The number of carbonyl (C=O) groups excluding carboxylic acids is 1. The van der Waals surface area contributed by atoms with E-state index in [1.165, 1.54) is 6.42 Å². The van der Waals surface area contributed by atoms with Gasteiger partial charge < -0.3 is 11.1 Å². The van der Waals surface area contributed by atoms with Crippen molar-refractivity contribution >= 4 is 5.91 Å². The van der Waals surface area contributed by atoms with E-state index in [9.17, 15) is 4.79 Å². The molecule has 100 valence electrons. The number of primary amides is 1. The number of nitrogens with one attached hydrogen (secondary N) is 1. The number of carbonyl (C=O) groups is 1. The van der Waals surface area contributed by atoms with Crippen LogP contribution in [0.25, 0.3) is 0 Å². The van der Waals surface area contributed by atoms with Crippen molar-refractivity contribution in [3.63, 3.8) is 0 Å². The van der Waals surface area contributed by atoms with E-state index in [1.54, 1.807) is 0 Å². The van der Waals surface area contributed by atoms with E-state index in [0.717, 1.165) is 25.8 Å². The van der Waals surface area contributed by atoms with Crippen LogP contribution in [0, 0.1) is 17.8 Å². The lowest BCUT2D eigenvalue weighted by Crippen LogP contribution is -2.63. The standard InChI is InChI=1S/C14H28N2O/c1-5-8-16-14(13(15)17)9-11(4)6-7-12(14)10(2)3/h10-12,16H,5-9H2,1-4H3,(H2,15,17). The van der Waals surface area contributed by atoms with Crippen molar-refractivity contribution in [3.05, 3.63) is 0 Å². The van der Waals surface area contributed by atoms with E-state index in [0.29, 0.717) is 17.8 Å². The summed E-state index contributed by atoms with van der Waals surface area (Å²) in [5.74, 6) is 1.31. The average molecular weight is 240 g/mol. The van der Waals surface area contributed by atoms with Crippen LogP contribution < -0.4 is 11.1 Å². The quantitative estimate of drug-likeness (QED) is 0.774. The van der Waals surface area contributed by atoms with Crippen molar-refractivity contribution in [1.82, 2.24) is 5.32 Å². The molecule has 17 heavy (non-hydrogen) atoms. The molecule has 0 bridgehead atoms. The molecule has 1 amide bonds. The molecule has 0 aromatic heterocycles. The maximum atomic E-state index is 12.0. The van der Waals surface area contributed by atoms with E-state index >= 15 is 0 Å². The highest BCUT2D eigenvalue weighted by atomic mass is 16.1. The number of nitrogens with two attached hydrogens (primary N) is 1. The highest BCUT2D eigenvalue weighted by Crippen LogP contribution is 2.40. The van der Waals surface area contributed by atoms with E-state index in [2.05, 4.69) is 33.0 Å². The Balaban J connectivity index is 2.96. The van der Waals surface area contributed by atoms with Crippen LogP contribution in [0.4, 0.5) is 0 Å². The van der Waals surface area contributed by atoms with Crippen LogP contribution in [0.15, 0.2) is 0 Å². The van der Waals surface area contributed by atoms with Gasteiger partial charge in [0.05, 0.1) is 0 Å². The van der Waals surface area contributed by atoms with Crippen LogP contribution in [0.5, 0.6) is 0 Å². The molecule has 1 aliphatic rings. The summed E-state index contributed by atoms with van der Waals surface area (Å²) in [6, 6.07) is 0. The molecule has 3 unspecified atom stereocenters. The molecule has 0 aliphatic heterocycles. The second kappa shape index (κ2) is 5.85. The Bertz CT molecular complexity index is 265. The maximum Gasteiger partial charge on any atom is 0.238 e. The summed E-state index contributed by atoms with van der Waals surface area (Å²) in [6.07, 6.45) is 4.25. The summed E-state index contributed by atoms with van der Waals surface area (Å²) in [5, 5.41) is 3.47. The lowest BCUT2D eigenvalue weighted by atomic mass is 9.64. The van der Waals surface area contributed by atoms with E-state index in [4.69, 9.17) is 5.73 Å². The first-order chi connectivity index (χ1) is 7.94. The lowest BCUT2D eigenvalue weighted by Gasteiger charge is -2.46. The SMILES string of the molecule is CCCNC1(C(N)=O)CC(C)CCC1C(C)C. The van der Waals surface area contributed by atoms with Crippen LogP contribution in [0.3, 0.4) is 0 Å². The fraction of sp³-hybridized carbons (Fsp3) is 0.929. The van der Waals surface area contributed by atoms with Crippen molar-refractivity contribution in [2.45, 2.75) is 58.9 Å². The second-order valence-electron chi connectivity index (χ2n) is 6.00. The van der Waals surface area contributed by atoms with Gasteiger partial charge in [-0.1, -0.05) is 34.1 Å². The van der Waals surface area contributed by atoms with E-state index in [1.807, 2.05) is 0 Å². The van der Waals surface area contributed by atoms with Crippen LogP contribution in [-0.2, 0) is 4.79 Å². The van der Waals surface area contributed by atoms with E-state index < -0.39 is 5.54 Å². The molecule has 0 heterocycles. The maximum absolute atomic E-state index is 12.0. The summed E-state index contributed by atoms with van der Waals surface area (Å²) in [7, 11) is 0. The highest BCUT2D eigenvalue weighted by molar-refractivity contribution is 5.85.